The van der Waals surface area contributed by atoms with Crippen molar-refractivity contribution in [3.8, 4) is 6.07 Å². The Morgan fingerprint density at radius 3 is 2.71 bits per heavy atom. The number of sulfonamides is 1. The molecule has 0 spiro atoms. The molecular formula is C14H15ClN2O3S. The summed E-state index contributed by atoms with van der Waals surface area (Å²) in [5.41, 5.74) is 0.260. The van der Waals surface area contributed by atoms with Crippen LogP contribution in [0.5, 0.6) is 0 Å². The van der Waals surface area contributed by atoms with Crippen LogP contribution in [-0.2, 0) is 14.8 Å². The van der Waals surface area contributed by atoms with Crippen LogP contribution < -0.4 is 4.72 Å². The fraction of sp³-hybridized carbons (Fsp3) is 0.500. The molecule has 1 aromatic rings. The molecule has 2 fully saturated rings. The van der Waals surface area contributed by atoms with Crippen molar-refractivity contribution < 1.29 is 13.2 Å². The minimum Gasteiger partial charge on any atom is -0.376 e. The van der Waals surface area contributed by atoms with Crippen LogP contribution in [0, 0.1) is 17.2 Å². The van der Waals surface area contributed by atoms with Gasteiger partial charge in [-0.1, -0.05) is 11.6 Å². The van der Waals surface area contributed by atoms with Crippen molar-refractivity contribution in [3.05, 3.63) is 28.8 Å². The highest BCUT2D eigenvalue weighted by atomic mass is 35.5. The van der Waals surface area contributed by atoms with Crippen LogP contribution >= 0.6 is 11.6 Å². The maximum atomic E-state index is 12.4. The molecule has 7 heteroatoms. The molecule has 1 aliphatic carbocycles. The van der Waals surface area contributed by atoms with Gasteiger partial charge in [0.1, 0.15) is 6.07 Å². The van der Waals surface area contributed by atoms with Gasteiger partial charge in [-0.05, 0) is 43.4 Å². The largest absolute Gasteiger partial charge is 0.376 e. The summed E-state index contributed by atoms with van der Waals surface area (Å²) in [6.45, 7) is 0.586. The predicted molar refractivity (Wildman–Crippen MR) is 77.4 cm³/mol. The summed E-state index contributed by atoms with van der Waals surface area (Å²) in [5, 5.41) is 8.97. The van der Waals surface area contributed by atoms with Gasteiger partial charge in [0.25, 0.3) is 0 Å². The number of rotatable bonds is 4. The highest BCUT2D eigenvalue weighted by Gasteiger charge is 2.42. The minimum absolute atomic E-state index is 0.0198. The Labute approximate surface area is 128 Å². The average Bonchev–Trinajstić information content (AvgIpc) is 3.19. The molecule has 0 radical (unpaired) electrons. The molecule has 1 saturated carbocycles. The van der Waals surface area contributed by atoms with E-state index in [0.29, 0.717) is 18.9 Å². The molecule has 1 aromatic carbocycles. The van der Waals surface area contributed by atoms with Crippen molar-refractivity contribution in [1.82, 2.24) is 4.72 Å². The summed E-state index contributed by atoms with van der Waals surface area (Å²) in [7, 11) is -3.65. The van der Waals surface area contributed by atoms with Gasteiger partial charge in [0.2, 0.25) is 10.0 Å². The summed E-state index contributed by atoms with van der Waals surface area (Å²) >= 11 is 5.90. The Morgan fingerprint density at radius 1 is 1.33 bits per heavy atom. The average molecular weight is 327 g/mol. The standard InChI is InChI=1S/C14H15ClN2O3S/c15-12-7-11(4-3-10(12)8-16)21(18,19)17-13-5-6-20-14(13)9-1-2-9/h3-4,7,9,13-14,17H,1-2,5-6H2. The van der Waals surface area contributed by atoms with E-state index in [9.17, 15) is 8.42 Å². The van der Waals surface area contributed by atoms with E-state index in [1.165, 1.54) is 18.2 Å². The Morgan fingerprint density at radius 2 is 2.10 bits per heavy atom. The zero-order valence-electron chi connectivity index (χ0n) is 11.3. The van der Waals surface area contributed by atoms with Gasteiger partial charge >= 0.3 is 0 Å². The van der Waals surface area contributed by atoms with E-state index in [0.717, 1.165) is 12.8 Å². The summed E-state index contributed by atoms with van der Waals surface area (Å²) in [5.74, 6) is 0.477. The zero-order valence-corrected chi connectivity index (χ0v) is 12.8. The van der Waals surface area contributed by atoms with E-state index in [1.807, 2.05) is 6.07 Å². The third-order valence-electron chi connectivity index (χ3n) is 3.90. The number of hydrogen-bond acceptors (Lipinski definition) is 4. The molecule has 3 rings (SSSR count). The van der Waals surface area contributed by atoms with Gasteiger partial charge in [-0.2, -0.15) is 5.26 Å². The topological polar surface area (TPSA) is 79.2 Å². The third-order valence-corrected chi connectivity index (χ3v) is 5.70. The van der Waals surface area contributed by atoms with Gasteiger partial charge in [-0.15, -0.1) is 0 Å². The quantitative estimate of drug-likeness (QED) is 0.918. The number of ether oxygens (including phenoxy) is 1. The summed E-state index contributed by atoms with van der Waals surface area (Å²) < 4.78 is 33.2. The maximum absolute atomic E-state index is 12.4. The first-order valence-electron chi connectivity index (χ1n) is 6.85. The van der Waals surface area contributed by atoms with Crippen molar-refractivity contribution >= 4 is 21.6 Å². The van der Waals surface area contributed by atoms with Gasteiger partial charge in [0.05, 0.1) is 27.6 Å². The highest BCUT2D eigenvalue weighted by molar-refractivity contribution is 7.89. The molecule has 112 valence electrons. The molecular weight excluding hydrogens is 312 g/mol. The van der Waals surface area contributed by atoms with Crippen LogP contribution in [-0.4, -0.2) is 27.2 Å². The Bertz CT molecular complexity index is 695. The van der Waals surface area contributed by atoms with E-state index in [4.69, 9.17) is 21.6 Å². The first-order chi connectivity index (χ1) is 10.0. The molecule has 1 aliphatic heterocycles. The first-order valence-corrected chi connectivity index (χ1v) is 8.71. The monoisotopic (exact) mass is 326 g/mol. The van der Waals surface area contributed by atoms with E-state index in [1.54, 1.807) is 0 Å². The van der Waals surface area contributed by atoms with Crippen molar-refractivity contribution in [2.24, 2.45) is 5.92 Å². The highest BCUT2D eigenvalue weighted by Crippen LogP contribution is 2.39. The van der Waals surface area contributed by atoms with Crippen LogP contribution in [0.15, 0.2) is 23.1 Å². The van der Waals surface area contributed by atoms with Crippen LogP contribution in [0.1, 0.15) is 24.8 Å². The molecule has 2 atom stereocenters. The molecule has 1 saturated heterocycles. The summed E-state index contributed by atoms with van der Waals surface area (Å²) in [6.07, 6.45) is 2.87. The van der Waals surface area contributed by atoms with Crippen molar-refractivity contribution in [2.75, 3.05) is 6.61 Å². The second-order valence-electron chi connectivity index (χ2n) is 5.44. The first kappa shape index (κ1) is 14.8. The minimum atomic E-state index is -3.65. The Balaban J connectivity index is 1.80. The van der Waals surface area contributed by atoms with Crippen LogP contribution in [0.3, 0.4) is 0 Å². The van der Waals surface area contributed by atoms with Crippen LogP contribution in [0.2, 0.25) is 5.02 Å². The van der Waals surface area contributed by atoms with Gasteiger partial charge < -0.3 is 4.74 Å². The zero-order chi connectivity index (χ0) is 15.0. The molecule has 1 heterocycles. The van der Waals surface area contributed by atoms with Crippen molar-refractivity contribution in [2.45, 2.75) is 36.3 Å². The number of halogens is 1. The lowest BCUT2D eigenvalue weighted by Crippen LogP contribution is -2.41. The van der Waals surface area contributed by atoms with Crippen molar-refractivity contribution in [3.63, 3.8) is 0 Å². The molecule has 0 bridgehead atoms. The lowest BCUT2D eigenvalue weighted by molar-refractivity contribution is 0.0848. The van der Waals surface area contributed by atoms with Crippen LogP contribution in [0.25, 0.3) is 0 Å². The molecule has 0 aromatic heterocycles. The third kappa shape index (κ3) is 3.06. The molecule has 0 amide bonds. The number of nitrogens with zero attached hydrogens (tertiary/aromatic N) is 1. The van der Waals surface area contributed by atoms with Gasteiger partial charge in [0, 0.05) is 6.61 Å². The Hall–Kier alpha value is -1.13. The van der Waals surface area contributed by atoms with E-state index in [2.05, 4.69) is 4.72 Å². The fourth-order valence-corrected chi connectivity index (χ4v) is 4.24. The van der Waals surface area contributed by atoms with Gasteiger partial charge in [0.15, 0.2) is 0 Å². The molecule has 5 nitrogen and oxygen atoms in total. The molecule has 1 N–H and O–H groups in total. The van der Waals surface area contributed by atoms with Gasteiger partial charge in [-0.3, -0.25) is 0 Å². The SMILES string of the molecule is N#Cc1ccc(S(=O)(=O)NC2CCOC2C2CC2)cc1Cl. The fourth-order valence-electron chi connectivity index (χ4n) is 2.65. The number of hydrogen-bond donors (Lipinski definition) is 1. The lowest BCUT2D eigenvalue weighted by Gasteiger charge is -2.19. The summed E-state index contributed by atoms with van der Waals surface area (Å²) in [6, 6.07) is 5.85. The maximum Gasteiger partial charge on any atom is 0.240 e. The lowest BCUT2D eigenvalue weighted by atomic mass is 10.1. The second-order valence-corrected chi connectivity index (χ2v) is 7.56. The van der Waals surface area contributed by atoms with Crippen molar-refractivity contribution in [1.29, 1.82) is 5.26 Å². The number of benzene rings is 1. The smallest absolute Gasteiger partial charge is 0.240 e. The number of nitrogens with one attached hydrogen (secondary N) is 1. The Kier molecular flexibility index (Phi) is 3.93. The molecule has 2 unspecified atom stereocenters. The second kappa shape index (κ2) is 5.58. The predicted octanol–water partition coefficient (Wildman–Crippen LogP) is 2.06. The summed E-state index contributed by atoms with van der Waals surface area (Å²) in [4.78, 5) is 0.0768. The normalized spacial score (nSPS) is 25.7. The molecule has 2 aliphatic rings. The van der Waals surface area contributed by atoms with E-state index < -0.39 is 10.0 Å². The molecule has 21 heavy (non-hydrogen) atoms. The van der Waals surface area contributed by atoms with E-state index in [-0.39, 0.29) is 27.6 Å². The van der Waals surface area contributed by atoms with Crippen LogP contribution in [0.4, 0.5) is 0 Å². The van der Waals surface area contributed by atoms with Gasteiger partial charge in [-0.25, -0.2) is 13.1 Å². The van der Waals surface area contributed by atoms with E-state index >= 15 is 0 Å². The number of nitriles is 1.